The van der Waals surface area contributed by atoms with Gasteiger partial charge in [-0.3, -0.25) is 14.9 Å². The van der Waals surface area contributed by atoms with Crippen LogP contribution in [0.2, 0.25) is 0 Å². The van der Waals surface area contributed by atoms with Crippen molar-refractivity contribution < 1.29 is 18.5 Å². The van der Waals surface area contributed by atoms with Crippen LogP contribution in [0.25, 0.3) is 0 Å². The summed E-state index contributed by atoms with van der Waals surface area (Å²) < 4.78 is 25.9. The third kappa shape index (κ3) is 3.28. The highest BCUT2D eigenvalue weighted by molar-refractivity contribution is 5.99. The summed E-state index contributed by atoms with van der Waals surface area (Å²) in [5.41, 5.74) is 1.04. The van der Waals surface area contributed by atoms with Crippen molar-refractivity contribution in [2.75, 3.05) is 0 Å². The Balaban J connectivity index is 2.24. The fourth-order valence-electron chi connectivity index (χ4n) is 2.00. The number of hydrogen-bond acceptors (Lipinski definition) is 3. The van der Waals surface area contributed by atoms with Crippen molar-refractivity contribution in [2.45, 2.75) is 13.3 Å². The lowest BCUT2D eigenvalue weighted by Gasteiger charge is -2.05. The molecule has 0 amide bonds. The van der Waals surface area contributed by atoms with Gasteiger partial charge in [0.15, 0.2) is 17.4 Å². The lowest BCUT2D eigenvalue weighted by atomic mass is 9.98. The highest BCUT2D eigenvalue weighted by atomic mass is 19.2. The number of nitrogens with zero attached hydrogens (tertiary/aromatic N) is 1. The predicted molar refractivity (Wildman–Crippen MR) is 72.2 cm³/mol. The highest BCUT2D eigenvalue weighted by Gasteiger charge is 2.14. The molecule has 0 aliphatic rings. The lowest BCUT2D eigenvalue weighted by molar-refractivity contribution is -0.384. The molecule has 0 aliphatic heterocycles. The minimum atomic E-state index is -1.01. The van der Waals surface area contributed by atoms with Crippen LogP contribution in [0.5, 0.6) is 0 Å². The summed E-state index contributed by atoms with van der Waals surface area (Å²) in [6.45, 7) is 1.59. The number of benzene rings is 2. The van der Waals surface area contributed by atoms with Crippen LogP contribution in [0.15, 0.2) is 36.4 Å². The number of non-ortho nitro benzene ring substituents is 1. The second-order valence-corrected chi connectivity index (χ2v) is 4.60. The molecule has 108 valence electrons. The molecule has 0 aliphatic carbocycles. The van der Waals surface area contributed by atoms with Gasteiger partial charge in [-0.1, -0.05) is 6.07 Å². The molecule has 0 radical (unpaired) electrons. The minimum Gasteiger partial charge on any atom is -0.294 e. The molecular formula is C15H11F2NO3. The van der Waals surface area contributed by atoms with Crippen LogP contribution in [0.3, 0.4) is 0 Å². The predicted octanol–water partition coefficient (Wildman–Crippen LogP) is 3.61. The standard InChI is InChI=1S/C15H11F2NO3/c1-9-6-11(18(20)21)3-4-12(9)15(19)8-10-2-5-13(16)14(17)7-10/h2-7H,8H2,1H3. The number of nitro groups is 1. The second kappa shape index (κ2) is 5.78. The molecule has 2 aromatic carbocycles. The van der Waals surface area contributed by atoms with Crippen molar-refractivity contribution >= 4 is 11.5 Å². The maximum atomic E-state index is 13.1. The van der Waals surface area contributed by atoms with Crippen molar-refractivity contribution in [3.63, 3.8) is 0 Å². The first-order valence-electron chi connectivity index (χ1n) is 6.10. The fraction of sp³-hybridized carbons (Fsp3) is 0.133. The van der Waals surface area contributed by atoms with Gasteiger partial charge in [-0.15, -0.1) is 0 Å². The quantitative estimate of drug-likeness (QED) is 0.491. The molecule has 0 heterocycles. The minimum absolute atomic E-state index is 0.100. The molecule has 0 aromatic heterocycles. The van der Waals surface area contributed by atoms with Crippen LogP contribution in [-0.2, 0) is 6.42 Å². The first-order chi connectivity index (χ1) is 9.88. The fourth-order valence-corrected chi connectivity index (χ4v) is 2.00. The molecule has 0 unspecified atom stereocenters. The monoisotopic (exact) mass is 291 g/mol. The van der Waals surface area contributed by atoms with E-state index < -0.39 is 16.6 Å². The number of hydrogen-bond donors (Lipinski definition) is 0. The Kier molecular flexibility index (Phi) is 4.07. The van der Waals surface area contributed by atoms with E-state index in [1.165, 1.54) is 24.3 Å². The highest BCUT2D eigenvalue weighted by Crippen LogP contribution is 2.19. The van der Waals surface area contributed by atoms with E-state index in [0.29, 0.717) is 16.7 Å². The van der Waals surface area contributed by atoms with E-state index in [9.17, 15) is 23.7 Å². The summed E-state index contributed by atoms with van der Waals surface area (Å²) in [5, 5.41) is 10.6. The van der Waals surface area contributed by atoms with Gasteiger partial charge in [-0.05, 0) is 36.2 Å². The maximum absolute atomic E-state index is 13.1. The second-order valence-electron chi connectivity index (χ2n) is 4.60. The lowest BCUT2D eigenvalue weighted by Crippen LogP contribution is -2.06. The van der Waals surface area contributed by atoms with Crippen LogP contribution in [0, 0.1) is 28.7 Å². The molecule has 0 saturated heterocycles. The Morgan fingerprint density at radius 2 is 1.86 bits per heavy atom. The van der Waals surface area contributed by atoms with Gasteiger partial charge in [0.05, 0.1) is 4.92 Å². The smallest absolute Gasteiger partial charge is 0.269 e. The Hall–Kier alpha value is -2.63. The number of carbonyl (C=O) groups is 1. The summed E-state index contributed by atoms with van der Waals surface area (Å²) >= 11 is 0. The number of rotatable bonds is 4. The zero-order chi connectivity index (χ0) is 15.6. The van der Waals surface area contributed by atoms with E-state index in [4.69, 9.17) is 0 Å². The molecule has 2 aromatic rings. The Labute approximate surface area is 119 Å². The van der Waals surface area contributed by atoms with Gasteiger partial charge in [0.25, 0.3) is 5.69 Å². The number of aryl methyl sites for hydroxylation is 1. The van der Waals surface area contributed by atoms with E-state index in [1.54, 1.807) is 6.92 Å². The molecule has 0 saturated carbocycles. The summed E-state index contributed by atoms with van der Waals surface area (Å²) in [6.07, 6.45) is -0.101. The summed E-state index contributed by atoms with van der Waals surface area (Å²) in [4.78, 5) is 22.2. The van der Waals surface area contributed by atoms with Crippen LogP contribution in [-0.4, -0.2) is 10.7 Å². The van der Waals surface area contributed by atoms with E-state index in [1.807, 2.05) is 0 Å². The maximum Gasteiger partial charge on any atom is 0.269 e. The van der Waals surface area contributed by atoms with E-state index in [-0.39, 0.29) is 17.9 Å². The molecule has 2 rings (SSSR count). The molecule has 0 atom stereocenters. The summed E-state index contributed by atoms with van der Waals surface area (Å²) in [5.74, 6) is -2.30. The third-order valence-corrected chi connectivity index (χ3v) is 3.07. The number of nitro benzene ring substituents is 1. The van der Waals surface area contributed by atoms with Crippen LogP contribution in [0.4, 0.5) is 14.5 Å². The topological polar surface area (TPSA) is 60.2 Å². The van der Waals surface area contributed by atoms with Crippen molar-refractivity contribution in [3.05, 3.63) is 74.8 Å². The molecule has 0 fully saturated rings. The van der Waals surface area contributed by atoms with E-state index >= 15 is 0 Å². The molecule has 4 nitrogen and oxygen atoms in total. The van der Waals surface area contributed by atoms with Crippen LogP contribution in [0.1, 0.15) is 21.5 Å². The van der Waals surface area contributed by atoms with Crippen LogP contribution >= 0.6 is 0 Å². The van der Waals surface area contributed by atoms with Crippen molar-refractivity contribution in [1.29, 1.82) is 0 Å². The third-order valence-electron chi connectivity index (χ3n) is 3.07. The number of halogens is 2. The molecular weight excluding hydrogens is 280 g/mol. The van der Waals surface area contributed by atoms with Crippen LogP contribution < -0.4 is 0 Å². The molecule has 0 spiro atoms. The van der Waals surface area contributed by atoms with Gasteiger partial charge in [0, 0.05) is 24.1 Å². The van der Waals surface area contributed by atoms with Gasteiger partial charge >= 0.3 is 0 Å². The van der Waals surface area contributed by atoms with Gasteiger partial charge in [0.2, 0.25) is 0 Å². The first-order valence-corrected chi connectivity index (χ1v) is 6.10. The van der Waals surface area contributed by atoms with Gasteiger partial charge in [-0.25, -0.2) is 8.78 Å². The van der Waals surface area contributed by atoms with E-state index in [2.05, 4.69) is 0 Å². The average Bonchev–Trinajstić information content (AvgIpc) is 2.42. The van der Waals surface area contributed by atoms with Crippen molar-refractivity contribution in [2.24, 2.45) is 0 Å². The summed E-state index contributed by atoms with van der Waals surface area (Å²) in [6, 6.07) is 7.17. The average molecular weight is 291 g/mol. The number of ketones is 1. The summed E-state index contributed by atoms with van der Waals surface area (Å²) in [7, 11) is 0. The molecule has 21 heavy (non-hydrogen) atoms. The molecule has 6 heteroatoms. The zero-order valence-corrected chi connectivity index (χ0v) is 11.1. The molecule has 0 bridgehead atoms. The number of carbonyl (C=O) groups excluding carboxylic acids is 1. The normalized spacial score (nSPS) is 10.4. The first kappa shape index (κ1) is 14.8. The number of Topliss-reactive ketones (excluding diaryl/α,β-unsaturated/α-hetero) is 1. The molecule has 0 N–H and O–H groups in total. The van der Waals surface area contributed by atoms with Gasteiger partial charge in [0.1, 0.15) is 0 Å². The Morgan fingerprint density at radius 3 is 2.43 bits per heavy atom. The van der Waals surface area contributed by atoms with E-state index in [0.717, 1.165) is 12.1 Å². The largest absolute Gasteiger partial charge is 0.294 e. The Morgan fingerprint density at radius 1 is 1.14 bits per heavy atom. The zero-order valence-electron chi connectivity index (χ0n) is 11.1. The van der Waals surface area contributed by atoms with Gasteiger partial charge < -0.3 is 0 Å². The SMILES string of the molecule is Cc1cc([N+](=O)[O-])ccc1C(=O)Cc1ccc(F)c(F)c1. The van der Waals surface area contributed by atoms with Crippen molar-refractivity contribution in [3.8, 4) is 0 Å². The van der Waals surface area contributed by atoms with Crippen molar-refractivity contribution in [1.82, 2.24) is 0 Å². The Bertz CT molecular complexity index is 729. The van der Waals surface area contributed by atoms with Gasteiger partial charge in [-0.2, -0.15) is 0 Å².